The number of nitrogens with zero attached hydrogens (tertiary/aromatic N) is 2. The predicted octanol–water partition coefficient (Wildman–Crippen LogP) is 5.00. The molecule has 0 saturated carbocycles. The molecule has 0 aromatic heterocycles. The molecule has 1 fully saturated rings. The van der Waals surface area contributed by atoms with E-state index in [0.717, 1.165) is 37.2 Å². The second-order valence-corrected chi connectivity index (χ2v) is 8.29. The summed E-state index contributed by atoms with van der Waals surface area (Å²) in [7, 11) is 0. The van der Waals surface area contributed by atoms with Gasteiger partial charge in [0.25, 0.3) is 5.91 Å². The Balaban J connectivity index is 1.57. The van der Waals surface area contributed by atoms with Gasteiger partial charge in [-0.1, -0.05) is 38.1 Å². The molecule has 2 aromatic carbocycles. The van der Waals surface area contributed by atoms with E-state index in [-0.39, 0.29) is 5.91 Å². The van der Waals surface area contributed by atoms with Gasteiger partial charge >= 0.3 is 0 Å². The lowest BCUT2D eigenvalue weighted by atomic mass is 9.94. The fourth-order valence-corrected chi connectivity index (χ4v) is 4.34. The van der Waals surface area contributed by atoms with Crippen LogP contribution in [0.5, 0.6) is 0 Å². The van der Waals surface area contributed by atoms with Gasteiger partial charge < -0.3 is 4.90 Å². The Hall–Kier alpha value is -2.13. The van der Waals surface area contributed by atoms with E-state index in [2.05, 4.69) is 49.1 Å². The van der Waals surface area contributed by atoms with Gasteiger partial charge in [-0.05, 0) is 79.6 Å². The summed E-state index contributed by atoms with van der Waals surface area (Å²) in [5.74, 6) is 0.653. The number of hydrogen-bond donors (Lipinski definition) is 0. The Bertz CT molecular complexity index is 821. The van der Waals surface area contributed by atoms with Crippen LogP contribution in [0.3, 0.4) is 0 Å². The number of fused-ring (bicyclic) bond motifs is 1. The van der Waals surface area contributed by atoms with Crippen LogP contribution in [0.4, 0.5) is 5.69 Å². The van der Waals surface area contributed by atoms with Crippen molar-refractivity contribution in [2.24, 2.45) is 0 Å². The third-order valence-electron chi connectivity index (χ3n) is 5.91. The minimum Gasteiger partial charge on any atom is -0.308 e. The summed E-state index contributed by atoms with van der Waals surface area (Å²) in [5.41, 5.74) is 5.83. The first-order valence-electron chi connectivity index (χ1n) is 10.4. The Morgan fingerprint density at radius 3 is 2.59 bits per heavy atom. The van der Waals surface area contributed by atoms with Crippen LogP contribution in [0.1, 0.15) is 66.1 Å². The summed E-state index contributed by atoms with van der Waals surface area (Å²) >= 11 is 0. The number of rotatable bonds is 4. The van der Waals surface area contributed by atoms with Crippen molar-refractivity contribution >= 4 is 11.6 Å². The summed E-state index contributed by atoms with van der Waals surface area (Å²) in [6.07, 6.45) is 4.69. The van der Waals surface area contributed by atoms with E-state index in [9.17, 15) is 4.79 Å². The molecule has 3 heteroatoms. The summed E-state index contributed by atoms with van der Waals surface area (Å²) in [4.78, 5) is 17.7. The maximum absolute atomic E-state index is 13.3. The van der Waals surface area contributed by atoms with E-state index in [1.807, 2.05) is 17.0 Å². The van der Waals surface area contributed by atoms with Crippen LogP contribution in [-0.4, -0.2) is 30.4 Å². The van der Waals surface area contributed by atoms with E-state index in [0.29, 0.717) is 5.92 Å². The van der Waals surface area contributed by atoms with Crippen LogP contribution < -0.4 is 4.90 Å². The number of hydrogen-bond acceptors (Lipinski definition) is 2. The van der Waals surface area contributed by atoms with Gasteiger partial charge in [-0.15, -0.1) is 0 Å². The molecule has 0 N–H and O–H groups in total. The van der Waals surface area contributed by atoms with Gasteiger partial charge in [0.05, 0.1) is 0 Å². The van der Waals surface area contributed by atoms with Crippen molar-refractivity contribution in [2.45, 2.75) is 52.0 Å². The van der Waals surface area contributed by atoms with E-state index in [4.69, 9.17) is 0 Å². The van der Waals surface area contributed by atoms with E-state index in [1.165, 1.54) is 42.6 Å². The normalized spacial score (nSPS) is 17.4. The molecule has 3 nitrogen and oxygen atoms in total. The van der Waals surface area contributed by atoms with Gasteiger partial charge in [-0.25, -0.2) is 0 Å². The minimum absolute atomic E-state index is 0.136. The molecule has 0 bridgehead atoms. The van der Waals surface area contributed by atoms with E-state index in [1.54, 1.807) is 0 Å². The first-order chi connectivity index (χ1) is 13.1. The van der Waals surface area contributed by atoms with E-state index < -0.39 is 0 Å². The highest BCUT2D eigenvalue weighted by atomic mass is 16.2. The highest BCUT2D eigenvalue weighted by Crippen LogP contribution is 2.31. The van der Waals surface area contributed by atoms with Crippen molar-refractivity contribution in [1.82, 2.24) is 4.90 Å². The Labute approximate surface area is 163 Å². The molecule has 2 aliphatic rings. The molecule has 4 rings (SSSR count). The highest BCUT2D eigenvalue weighted by molar-refractivity contribution is 6.06. The zero-order chi connectivity index (χ0) is 18.8. The summed E-state index contributed by atoms with van der Waals surface area (Å²) < 4.78 is 0. The SMILES string of the molecule is CC(C)c1ccc2c(c1)CCCN2C(=O)c1cccc(CN2CCCC2)c1. The average Bonchev–Trinajstić information content (AvgIpc) is 3.19. The van der Waals surface area contributed by atoms with Crippen molar-refractivity contribution in [3.8, 4) is 0 Å². The van der Waals surface area contributed by atoms with Crippen molar-refractivity contribution in [3.05, 3.63) is 64.7 Å². The molecule has 2 heterocycles. The van der Waals surface area contributed by atoms with Gasteiger partial charge in [0.1, 0.15) is 0 Å². The Morgan fingerprint density at radius 1 is 1.00 bits per heavy atom. The zero-order valence-corrected chi connectivity index (χ0v) is 16.6. The topological polar surface area (TPSA) is 23.6 Å². The van der Waals surface area contributed by atoms with Gasteiger partial charge in [-0.3, -0.25) is 9.69 Å². The first kappa shape index (κ1) is 18.2. The quantitative estimate of drug-likeness (QED) is 0.764. The predicted molar refractivity (Wildman–Crippen MR) is 111 cm³/mol. The standard InChI is InChI=1S/C24H30N2O/c1-18(2)20-10-11-23-21(16-20)9-6-14-26(23)24(27)22-8-5-7-19(15-22)17-25-12-3-4-13-25/h5,7-8,10-11,15-16,18H,3-4,6,9,12-14,17H2,1-2H3. The summed E-state index contributed by atoms with van der Waals surface area (Å²) in [5, 5.41) is 0. The Morgan fingerprint density at radius 2 is 1.81 bits per heavy atom. The third kappa shape index (κ3) is 3.93. The maximum Gasteiger partial charge on any atom is 0.258 e. The fourth-order valence-electron chi connectivity index (χ4n) is 4.34. The largest absolute Gasteiger partial charge is 0.308 e. The second kappa shape index (κ2) is 7.85. The maximum atomic E-state index is 13.3. The van der Waals surface area contributed by atoms with Crippen molar-refractivity contribution in [3.63, 3.8) is 0 Å². The van der Waals surface area contributed by atoms with Crippen LogP contribution in [-0.2, 0) is 13.0 Å². The summed E-state index contributed by atoms with van der Waals surface area (Å²) in [6.45, 7) is 8.56. The van der Waals surface area contributed by atoms with Crippen molar-refractivity contribution < 1.29 is 4.79 Å². The molecule has 142 valence electrons. The lowest BCUT2D eigenvalue weighted by molar-refractivity contribution is 0.0985. The number of anilines is 1. The molecular formula is C24H30N2O. The molecule has 2 aromatic rings. The molecule has 0 aliphatic carbocycles. The molecular weight excluding hydrogens is 332 g/mol. The number of aryl methyl sites for hydroxylation is 1. The molecule has 2 aliphatic heterocycles. The number of benzene rings is 2. The van der Waals surface area contributed by atoms with Crippen LogP contribution >= 0.6 is 0 Å². The molecule has 0 spiro atoms. The minimum atomic E-state index is 0.136. The van der Waals surface area contributed by atoms with E-state index >= 15 is 0 Å². The fraction of sp³-hybridized carbons (Fsp3) is 0.458. The summed E-state index contributed by atoms with van der Waals surface area (Å²) in [6, 6.07) is 14.9. The van der Waals surface area contributed by atoms with Gasteiger partial charge in [0.2, 0.25) is 0 Å². The lowest BCUT2D eigenvalue weighted by Crippen LogP contribution is -2.35. The molecule has 27 heavy (non-hydrogen) atoms. The van der Waals surface area contributed by atoms with Gasteiger partial charge in [0.15, 0.2) is 0 Å². The zero-order valence-electron chi connectivity index (χ0n) is 16.6. The molecule has 1 saturated heterocycles. The molecule has 0 radical (unpaired) electrons. The molecule has 1 amide bonds. The molecule has 0 atom stereocenters. The van der Waals surface area contributed by atoms with Crippen LogP contribution in [0.15, 0.2) is 42.5 Å². The molecule has 0 unspecified atom stereocenters. The smallest absolute Gasteiger partial charge is 0.258 e. The highest BCUT2D eigenvalue weighted by Gasteiger charge is 2.24. The number of carbonyl (C=O) groups is 1. The second-order valence-electron chi connectivity index (χ2n) is 8.29. The van der Waals surface area contributed by atoms with Crippen molar-refractivity contribution in [1.29, 1.82) is 0 Å². The average molecular weight is 363 g/mol. The van der Waals surface area contributed by atoms with Crippen LogP contribution in [0.25, 0.3) is 0 Å². The number of carbonyl (C=O) groups excluding carboxylic acids is 1. The van der Waals surface area contributed by atoms with Gasteiger partial charge in [-0.2, -0.15) is 0 Å². The van der Waals surface area contributed by atoms with Gasteiger partial charge in [0, 0.05) is 24.3 Å². The number of amides is 1. The van der Waals surface area contributed by atoms with Crippen LogP contribution in [0.2, 0.25) is 0 Å². The third-order valence-corrected chi connectivity index (χ3v) is 5.91. The monoisotopic (exact) mass is 362 g/mol. The van der Waals surface area contributed by atoms with Crippen LogP contribution in [0, 0.1) is 0 Å². The number of likely N-dealkylation sites (tertiary alicyclic amines) is 1. The van der Waals surface area contributed by atoms with Crippen molar-refractivity contribution in [2.75, 3.05) is 24.5 Å². The lowest BCUT2D eigenvalue weighted by Gasteiger charge is -2.30. The first-order valence-corrected chi connectivity index (χ1v) is 10.4. The Kier molecular flexibility index (Phi) is 5.31.